The Morgan fingerprint density at radius 2 is 0.867 bits per heavy atom. The second kappa shape index (κ2) is 4.32. The highest BCUT2D eigenvalue weighted by Gasteiger charge is 2.55. The normalized spacial score (nSPS) is 51.7. The first-order valence-electron chi connectivity index (χ1n) is 2.82. The topological polar surface area (TPSA) is 124 Å². The van der Waals surface area contributed by atoms with Crippen LogP contribution >= 0.6 is 0 Å². The smallest absolute Gasteiger partial charge is 0.196 e. The summed E-state index contributed by atoms with van der Waals surface area (Å²) >= 11 is -10.1. The molecule has 2 saturated heterocycles. The molecule has 0 aromatic heterocycles. The summed E-state index contributed by atoms with van der Waals surface area (Å²) < 4.78 is 68.0. The molecule has 2 fully saturated rings. The third kappa shape index (κ3) is 2.73. The van der Waals surface area contributed by atoms with Gasteiger partial charge in [0.2, 0.25) is 0 Å². The third-order valence-electron chi connectivity index (χ3n) is 0.903. The Labute approximate surface area is 92.6 Å². The summed E-state index contributed by atoms with van der Waals surface area (Å²) in [4.78, 5) is 0. The molecule has 10 nitrogen and oxygen atoms in total. The first-order valence-corrected chi connectivity index (χ1v) is 6.82. The van der Waals surface area contributed by atoms with Crippen molar-refractivity contribution in [1.82, 2.24) is 0 Å². The van der Waals surface area contributed by atoms with Crippen molar-refractivity contribution in [3.05, 3.63) is 0 Å². The number of rotatable bonds is 0. The quantitative estimate of drug-likeness (QED) is 0.498. The summed E-state index contributed by atoms with van der Waals surface area (Å²) in [6, 6.07) is 0. The van der Waals surface area contributed by atoms with Crippen LogP contribution in [-0.2, 0) is 69.4 Å². The van der Waals surface area contributed by atoms with E-state index in [1.54, 1.807) is 0 Å². The molecule has 0 aliphatic carbocycles. The van der Waals surface area contributed by atoms with E-state index in [0.29, 0.717) is 0 Å². The Bertz CT molecular complexity index is 300. The van der Waals surface area contributed by atoms with Crippen molar-refractivity contribution in [2.45, 2.75) is 6.16 Å². The molecule has 88 valence electrons. The molecule has 0 N–H and O–H groups in total. The average Bonchev–Trinajstić information content (AvgIpc) is 1.96. The highest BCUT2D eigenvalue weighted by molar-refractivity contribution is 7.90. The first-order chi connectivity index (χ1) is 6.99. The van der Waals surface area contributed by atoms with Crippen LogP contribution in [0.15, 0.2) is 0 Å². The fourth-order valence-corrected chi connectivity index (χ4v) is 3.07. The fourth-order valence-electron chi connectivity index (χ4n) is 0.563. The van der Waals surface area contributed by atoms with E-state index in [-0.39, 0.29) is 0 Å². The summed E-state index contributed by atoms with van der Waals surface area (Å²) in [7, 11) is 0. The molecule has 15 heavy (non-hydrogen) atoms. The van der Waals surface area contributed by atoms with Crippen molar-refractivity contribution in [3.8, 4) is 0 Å². The Kier molecular flexibility index (Phi) is 3.41. The summed E-state index contributed by atoms with van der Waals surface area (Å²) in [5, 5.41) is 0. The van der Waals surface area contributed by atoms with Gasteiger partial charge in [-0.2, -0.15) is 33.6 Å². The molecule has 2 aliphatic heterocycles. The Balaban J connectivity index is 2.24. The zero-order valence-corrected chi connectivity index (χ0v) is 9.48. The van der Waals surface area contributed by atoms with Gasteiger partial charge in [0.1, 0.15) is 0 Å². The lowest BCUT2D eigenvalue weighted by Gasteiger charge is -2.30. The second-order valence-electron chi connectivity index (χ2n) is 1.79. The molecular weight excluding hydrogens is 300 g/mol. The minimum atomic E-state index is -2.71. The van der Waals surface area contributed by atoms with Gasteiger partial charge < -0.3 is 0 Å². The molecule has 2 heterocycles. The lowest BCUT2D eigenvalue weighted by atomic mass is 11.2. The highest BCUT2D eigenvalue weighted by atomic mass is 32.3. The largest absolute Gasteiger partial charge is 0.471 e. The standard InChI is InChI=1S/CO10S4/c2-12-6-1(7-13(3)10-12)8-14(4)11-15(5)9-1. The van der Waals surface area contributed by atoms with Crippen LogP contribution in [0.1, 0.15) is 0 Å². The third-order valence-corrected chi connectivity index (χ3v) is 4.04. The molecule has 14 heteroatoms. The summed E-state index contributed by atoms with van der Waals surface area (Å²) in [6.45, 7) is 0. The van der Waals surface area contributed by atoms with Gasteiger partial charge in [0.15, 0.2) is 0 Å². The molecule has 0 radical (unpaired) electrons. The predicted octanol–water partition coefficient (Wildman–Crippen LogP) is -1.96. The zero-order chi connectivity index (χ0) is 11.1. The van der Waals surface area contributed by atoms with Gasteiger partial charge in [-0.05, 0) is 0 Å². The van der Waals surface area contributed by atoms with Crippen LogP contribution in [0.4, 0.5) is 0 Å². The zero-order valence-electron chi connectivity index (χ0n) is 6.22. The molecule has 0 amide bonds. The van der Waals surface area contributed by atoms with E-state index in [2.05, 4.69) is 24.0 Å². The summed E-state index contributed by atoms with van der Waals surface area (Å²) in [5.41, 5.74) is 0. The Morgan fingerprint density at radius 1 is 0.600 bits per heavy atom. The van der Waals surface area contributed by atoms with E-state index >= 15 is 0 Å². The molecule has 2 aliphatic rings. The maximum absolute atomic E-state index is 10.8. The summed E-state index contributed by atoms with van der Waals surface area (Å²) in [5.74, 6) is 0. The maximum Gasteiger partial charge on any atom is 0.471 e. The minimum Gasteiger partial charge on any atom is -0.196 e. The van der Waals surface area contributed by atoms with Gasteiger partial charge in [0.25, 0.3) is 0 Å². The van der Waals surface area contributed by atoms with Crippen molar-refractivity contribution in [2.75, 3.05) is 0 Å². The molecule has 0 saturated carbocycles. The van der Waals surface area contributed by atoms with Crippen molar-refractivity contribution in [1.29, 1.82) is 0 Å². The van der Waals surface area contributed by atoms with E-state index in [4.69, 9.17) is 0 Å². The van der Waals surface area contributed by atoms with Gasteiger partial charge in [-0.1, -0.05) is 0 Å². The van der Waals surface area contributed by atoms with Crippen molar-refractivity contribution >= 4 is 45.4 Å². The van der Waals surface area contributed by atoms with Crippen molar-refractivity contribution < 1.29 is 40.8 Å². The minimum absolute atomic E-state index is 2.54. The first kappa shape index (κ1) is 11.8. The predicted molar refractivity (Wildman–Crippen MR) is 41.8 cm³/mol. The fraction of sp³-hybridized carbons (Fsp3) is 1.00. The molecule has 0 unspecified atom stereocenters. The van der Waals surface area contributed by atoms with Crippen molar-refractivity contribution in [3.63, 3.8) is 0 Å². The molecule has 0 atom stereocenters. The van der Waals surface area contributed by atoms with Gasteiger partial charge in [-0.3, -0.25) is 0 Å². The highest BCUT2D eigenvalue weighted by Crippen LogP contribution is 2.32. The Morgan fingerprint density at radius 3 is 1.13 bits per heavy atom. The van der Waals surface area contributed by atoms with Gasteiger partial charge in [0.05, 0.1) is 0 Å². The molecule has 0 aromatic rings. The molecule has 2 rings (SSSR count). The van der Waals surface area contributed by atoms with Gasteiger partial charge in [-0.25, -0.2) is 0 Å². The Hall–Kier alpha value is 0.360. The second-order valence-corrected chi connectivity index (χ2v) is 5.17. The molecule has 1 spiro atoms. The lowest BCUT2D eigenvalue weighted by Crippen LogP contribution is -2.50. The van der Waals surface area contributed by atoms with Crippen LogP contribution < -0.4 is 0 Å². The van der Waals surface area contributed by atoms with Crippen LogP contribution in [0.5, 0.6) is 0 Å². The monoisotopic (exact) mass is 300 g/mol. The van der Waals surface area contributed by atoms with Gasteiger partial charge >= 0.3 is 51.6 Å². The SMILES string of the molecule is O=S1OS(=O)OC2(O1)OS(=O)OS(=O)O2. The van der Waals surface area contributed by atoms with E-state index in [0.717, 1.165) is 0 Å². The van der Waals surface area contributed by atoms with Crippen LogP contribution in [0.2, 0.25) is 0 Å². The van der Waals surface area contributed by atoms with Crippen molar-refractivity contribution in [2.24, 2.45) is 0 Å². The van der Waals surface area contributed by atoms with E-state index in [9.17, 15) is 16.8 Å². The maximum atomic E-state index is 10.8. The van der Waals surface area contributed by atoms with Crippen LogP contribution in [0.25, 0.3) is 0 Å². The van der Waals surface area contributed by atoms with Gasteiger partial charge in [0, 0.05) is 0 Å². The van der Waals surface area contributed by atoms with E-state index in [1.807, 2.05) is 0 Å². The van der Waals surface area contributed by atoms with Gasteiger partial charge in [-0.15, -0.1) is 7.26 Å². The molecule has 0 aromatic carbocycles. The average molecular weight is 300 g/mol. The van der Waals surface area contributed by atoms with E-state index in [1.165, 1.54) is 0 Å². The lowest BCUT2D eigenvalue weighted by molar-refractivity contribution is -0.370. The van der Waals surface area contributed by atoms with Crippen LogP contribution in [0.3, 0.4) is 0 Å². The molecule has 0 bridgehead atoms. The van der Waals surface area contributed by atoms with Crippen LogP contribution in [0, 0.1) is 0 Å². The molecular formula is CO10S4. The number of hydrogen-bond donors (Lipinski definition) is 0. The van der Waals surface area contributed by atoms with E-state index < -0.39 is 51.6 Å². The van der Waals surface area contributed by atoms with Crippen LogP contribution in [-0.4, -0.2) is 23.0 Å². The summed E-state index contributed by atoms with van der Waals surface area (Å²) in [6.07, 6.45) is -2.71. The number of hydrogen-bond acceptors (Lipinski definition) is 10.